The van der Waals surface area contributed by atoms with Crippen LogP contribution in [0, 0.1) is 0 Å². The lowest BCUT2D eigenvalue weighted by atomic mass is 10.2. The van der Waals surface area contributed by atoms with Gasteiger partial charge in [0.2, 0.25) is 0 Å². The van der Waals surface area contributed by atoms with Crippen molar-refractivity contribution in [1.29, 1.82) is 0 Å². The minimum atomic E-state index is -0.173. The van der Waals surface area contributed by atoms with E-state index < -0.39 is 0 Å². The second kappa shape index (κ2) is 12.3. The monoisotopic (exact) mass is 467 g/mol. The minimum absolute atomic E-state index is 0.116. The van der Waals surface area contributed by atoms with Gasteiger partial charge in [0.05, 0.1) is 11.3 Å². The minimum Gasteiger partial charge on any atom is -0.380 e. The Morgan fingerprint density at radius 3 is 2.41 bits per heavy atom. The zero-order valence-electron chi connectivity index (χ0n) is 20.8. The van der Waals surface area contributed by atoms with Gasteiger partial charge in [-0.05, 0) is 51.2 Å². The van der Waals surface area contributed by atoms with E-state index >= 15 is 0 Å². The molecule has 0 spiro atoms. The summed E-state index contributed by atoms with van der Waals surface area (Å²) in [6, 6.07) is 7.57. The van der Waals surface area contributed by atoms with Gasteiger partial charge in [-0.3, -0.25) is 14.6 Å². The summed E-state index contributed by atoms with van der Waals surface area (Å²) in [6.07, 6.45) is 3.28. The van der Waals surface area contributed by atoms with Crippen LogP contribution >= 0.6 is 0 Å². The lowest BCUT2D eigenvalue weighted by Gasteiger charge is -2.36. The molecule has 0 aromatic carbocycles. The van der Waals surface area contributed by atoms with Crippen molar-refractivity contribution in [1.82, 2.24) is 25.1 Å². The lowest BCUT2D eigenvalue weighted by Crippen LogP contribution is -2.49. The van der Waals surface area contributed by atoms with Crippen molar-refractivity contribution in [2.45, 2.75) is 33.7 Å². The third-order valence-corrected chi connectivity index (χ3v) is 5.95. The van der Waals surface area contributed by atoms with E-state index in [4.69, 9.17) is 0 Å². The Hall–Kier alpha value is -3.20. The molecule has 9 heteroatoms. The molecule has 2 aromatic heterocycles. The molecule has 3 rings (SSSR count). The van der Waals surface area contributed by atoms with E-state index in [2.05, 4.69) is 58.1 Å². The molecule has 34 heavy (non-hydrogen) atoms. The van der Waals surface area contributed by atoms with E-state index in [9.17, 15) is 9.59 Å². The number of likely N-dealkylation sites (N-methyl/N-ethyl adjacent to an activating group) is 1. The van der Waals surface area contributed by atoms with Crippen LogP contribution in [0.15, 0.2) is 36.7 Å². The predicted molar refractivity (Wildman–Crippen MR) is 135 cm³/mol. The van der Waals surface area contributed by atoms with Crippen molar-refractivity contribution in [2.75, 3.05) is 62.6 Å². The first kappa shape index (κ1) is 25.4. The highest BCUT2D eigenvalue weighted by atomic mass is 16.2. The van der Waals surface area contributed by atoms with E-state index in [0.29, 0.717) is 50.0 Å². The highest BCUT2D eigenvalue weighted by Gasteiger charge is 2.25. The second-order valence-corrected chi connectivity index (χ2v) is 8.67. The van der Waals surface area contributed by atoms with E-state index in [-0.39, 0.29) is 11.8 Å². The number of nitrogens with one attached hydrogen (secondary N) is 2. The molecule has 184 valence electrons. The van der Waals surface area contributed by atoms with Crippen LogP contribution < -0.4 is 15.5 Å². The van der Waals surface area contributed by atoms with Crippen LogP contribution in [0.3, 0.4) is 0 Å². The maximum absolute atomic E-state index is 13.0. The summed E-state index contributed by atoms with van der Waals surface area (Å²) in [5.41, 5.74) is 1.82. The van der Waals surface area contributed by atoms with Crippen LogP contribution in [0.2, 0.25) is 0 Å². The van der Waals surface area contributed by atoms with Crippen LogP contribution in [0.4, 0.5) is 11.5 Å². The molecule has 9 nitrogen and oxygen atoms in total. The van der Waals surface area contributed by atoms with Crippen LogP contribution in [-0.4, -0.2) is 90.0 Å². The van der Waals surface area contributed by atoms with Crippen molar-refractivity contribution in [3.05, 3.63) is 47.9 Å². The summed E-state index contributed by atoms with van der Waals surface area (Å²) in [5, 5.41) is 6.35. The molecule has 0 aliphatic carbocycles. The average Bonchev–Trinajstić information content (AvgIpc) is 2.86. The zero-order chi connectivity index (χ0) is 24.5. The van der Waals surface area contributed by atoms with Crippen LogP contribution in [-0.2, 0) is 0 Å². The van der Waals surface area contributed by atoms with Gasteiger partial charge in [0.25, 0.3) is 11.8 Å². The van der Waals surface area contributed by atoms with Gasteiger partial charge >= 0.3 is 0 Å². The van der Waals surface area contributed by atoms with Crippen LogP contribution in [0.5, 0.6) is 0 Å². The van der Waals surface area contributed by atoms with Crippen molar-refractivity contribution >= 4 is 23.3 Å². The Morgan fingerprint density at radius 2 is 1.79 bits per heavy atom. The van der Waals surface area contributed by atoms with Crippen molar-refractivity contribution in [3.8, 4) is 0 Å². The first-order valence-electron chi connectivity index (χ1n) is 12.1. The SMILES string of the molecule is CCN(CC)CCNC(=O)c1ccc(C(=O)N2CCN(c3ncccc3NC(C)C)CC2)nc1. The summed E-state index contributed by atoms with van der Waals surface area (Å²) in [5.74, 6) is 0.626. The highest BCUT2D eigenvalue weighted by molar-refractivity contribution is 5.96. The summed E-state index contributed by atoms with van der Waals surface area (Å²) >= 11 is 0. The molecule has 0 radical (unpaired) electrons. The maximum Gasteiger partial charge on any atom is 0.272 e. The Morgan fingerprint density at radius 1 is 1.06 bits per heavy atom. The molecule has 2 aromatic rings. The number of anilines is 2. The quantitative estimate of drug-likeness (QED) is 0.554. The number of hydrogen-bond donors (Lipinski definition) is 2. The first-order chi connectivity index (χ1) is 16.4. The molecular weight excluding hydrogens is 430 g/mol. The smallest absolute Gasteiger partial charge is 0.272 e. The van der Waals surface area contributed by atoms with Gasteiger partial charge in [0.15, 0.2) is 5.82 Å². The number of hydrogen-bond acceptors (Lipinski definition) is 7. The molecule has 1 saturated heterocycles. The summed E-state index contributed by atoms with van der Waals surface area (Å²) < 4.78 is 0. The van der Waals surface area contributed by atoms with Gasteiger partial charge < -0.3 is 25.3 Å². The van der Waals surface area contributed by atoms with Crippen molar-refractivity contribution in [3.63, 3.8) is 0 Å². The largest absolute Gasteiger partial charge is 0.380 e. The number of piperazine rings is 1. The summed E-state index contributed by atoms with van der Waals surface area (Å²) in [6.45, 7) is 14.3. The van der Waals surface area contributed by atoms with E-state index in [0.717, 1.165) is 31.1 Å². The average molecular weight is 468 g/mol. The molecule has 2 N–H and O–H groups in total. The molecule has 0 bridgehead atoms. The van der Waals surface area contributed by atoms with Crippen molar-refractivity contribution < 1.29 is 9.59 Å². The summed E-state index contributed by atoms with van der Waals surface area (Å²) in [7, 11) is 0. The molecule has 0 saturated carbocycles. The van der Waals surface area contributed by atoms with Gasteiger partial charge in [0, 0.05) is 57.7 Å². The van der Waals surface area contributed by atoms with Gasteiger partial charge in [0.1, 0.15) is 5.69 Å². The molecule has 0 atom stereocenters. The van der Waals surface area contributed by atoms with Gasteiger partial charge in [-0.2, -0.15) is 0 Å². The number of amides is 2. The number of rotatable bonds is 10. The Kier molecular flexibility index (Phi) is 9.21. The van der Waals surface area contributed by atoms with Crippen LogP contribution in [0.25, 0.3) is 0 Å². The fraction of sp³-hybridized carbons (Fsp3) is 0.520. The van der Waals surface area contributed by atoms with Crippen molar-refractivity contribution in [2.24, 2.45) is 0 Å². The normalized spacial score (nSPS) is 13.9. The second-order valence-electron chi connectivity index (χ2n) is 8.67. The lowest BCUT2D eigenvalue weighted by molar-refractivity contribution is 0.0740. The first-order valence-corrected chi connectivity index (χ1v) is 12.1. The predicted octanol–water partition coefficient (Wildman–Crippen LogP) is 2.33. The Balaban J connectivity index is 1.53. The molecule has 1 aliphatic heterocycles. The zero-order valence-corrected chi connectivity index (χ0v) is 20.8. The molecular formula is C25H37N7O2. The van der Waals surface area contributed by atoms with Gasteiger partial charge in [-0.25, -0.2) is 4.98 Å². The van der Waals surface area contributed by atoms with E-state index in [1.807, 2.05) is 12.1 Å². The number of carbonyl (C=O) groups excluding carboxylic acids is 2. The molecule has 2 amide bonds. The fourth-order valence-corrected chi connectivity index (χ4v) is 3.98. The number of nitrogens with zero attached hydrogens (tertiary/aromatic N) is 5. The Bertz CT molecular complexity index is 937. The molecule has 1 fully saturated rings. The van der Waals surface area contributed by atoms with Gasteiger partial charge in [-0.15, -0.1) is 0 Å². The molecule has 0 unspecified atom stereocenters. The number of aromatic nitrogens is 2. The standard InChI is InChI=1S/C25H37N7O2/c1-5-30(6-2)13-12-27-24(33)20-9-10-22(28-18-20)25(34)32-16-14-31(15-17-32)23-21(29-19(3)4)8-7-11-26-23/h7-11,18-19,29H,5-6,12-17H2,1-4H3,(H,27,33). The van der Waals surface area contributed by atoms with E-state index in [1.165, 1.54) is 6.20 Å². The topological polar surface area (TPSA) is 93.7 Å². The third-order valence-electron chi connectivity index (χ3n) is 5.95. The Labute approximate surface area is 202 Å². The molecule has 1 aliphatic rings. The maximum atomic E-state index is 13.0. The molecule has 3 heterocycles. The number of carbonyl (C=O) groups is 2. The van der Waals surface area contributed by atoms with Gasteiger partial charge in [-0.1, -0.05) is 13.8 Å². The summed E-state index contributed by atoms with van der Waals surface area (Å²) in [4.78, 5) is 40.4. The third kappa shape index (κ3) is 6.66. The fourth-order valence-electron chi connectivity index (χ4n) is 3.98. The number of pyridine rings is 2. The van der Waals surface area contributed by atoms with E-state index in [1.54, 1.807) is 23.2 Å². The highest BCUT2D eigenvalue weighted by Crippen LogP contribution is 2.24. The van der Waals surface area contributed by atoms with Crippen LogP contribution in [0.1, 0.15) is 48.5 Å².